The topological polar surface area (TPSA) is 41.1 Å². The van der Waals surface area contributed by atoms with Gasteiger partial charge in [-0.15, -0.1) is 0 Å². The molecule has 3 heteroatoms. The molecule has 1 heterocycles. The molecule has 0 spiro atoms. The standard InChI is InChI=1S/C13H18N2O/c1-10-7-8-11(9-14-10)13(16)15-12-5-3-2-4-6-12/h2-6,10-11,14H,7-9H2,1H3,(H,15,16). The van der Waals surface area contributed by atoms with Crippen molar-refractivity contribution in [2.75, 3.05) is 11.9 Å². The highest BCUT2D eigenvalue weighted by atomic mass is 16.1. The highest BCUT2D eigenvalue weighted by Crippen LogP contribution is 2.16. The van der Waals surface area contributed by atoms with Crippen LogP contribution < -0.4 is 10.6 Å². The zero-order chi connectivity index (χ0) is 11.4. The van der Waals surface area contributed by atoms with Crippen molar-refractivity contribution in [3.8, 4) is 0 Å². The molecule has 1 aromatic rings. The van der Waals surface area contributed by atoms with Gasteiger partial charge in [0.1, 0.15) is 0 Å². The summed E-state index contributed by atoms with van der Waals surface area (Å²) in [6.07, 6.45) is 2.06. The minimum Gasteiger partial charge on any atom is -0.326 e. The van der Waals surface area contributed by atoms with Crippen LogP contribution in [-0.2, 0) is 4.79 Å². The molecule has 0 radical (unpaired) electrons. The fraction of sp³-hybridized carbons (Fsp3) is 0.462. The Morgan fingerprint density at radius 3 is 2.69 bits per heavy atom. The molecule has 16 heavy (non-hydrogen) atoms. The number of carbonyl (C=O) groups is 1. The van der Waals surface area contributed by atoms with Crippen molar-refractivity contribution in [1.82, 2.24) is 5.32 Å². The molecule has 86 valence electrons. The van der Waals surface area contributed by atoms with Gasteiger partial charge in [-0.05, 0) is 31.9 Å². The Balaban J connectivity index is 1.89. The Labute approximate surface area is 96.2 Å². The molecule has 1 fully saturated rings. The van der Waals surface area contributed by atoms with Crippen molar-refractivity contribution in [2.24, 2.45) is 5.92 Å². The van der Waals surface area contributed by atoms with Gasteiger partial charge in [-0.1, -0.05) is 18.2 Å². The van der Waals surface area contributed by atoms with Crippen molar-refractivity contribution in [3.05, 3.63) is 30.3 Å². The summed E-state index contributed by atoms with van der Waals surface area (Å²) in [5.41, 5.74) is 0.881. The van der Waals surface area contributed by atoms with Gasteiger partial charge in [0, 0.05) is 18.3 Å². The quantitative estimate of drug-likeness (QED) is 0.797. The highest BCUT2D eigenvalue weighted by molar-refractivity contribution is 5.92. The number of anilines is 1. The summed E-state index contributed by atoms with van der Waals surface area (Å²) in [7, 11) is 0. The van der Waals surface area contributed by atoms with Crippen molar-refractivity contribution in [3.63, 3.8) is 0 Å². The fourth-order valence-corrected chi connectivity index (χ4v) is 1.99. The van der Waals surface area contributed by atoms with Gasteiger partial charge in [0.25, 0.3) is 0 Å². The average molecular weight is 218 g/mol. The highest BCUT2D eigenvalue weighted by Gasteiger charge is 2.23. The van der Waals surface area contributed by atoms with E-state index in [4.69, 9.17) is 0 Å². The van der Waals surface area contributed by atoms with Gasteiger partial charge in [0.2, 0.25) is 5.91 Å². The smallest absolute Gasteiger partial charge is 0.228 e. The molecule has 1 aliphatic rings. The molecule has 1 saturated heterocycles. The predicted molar refractivity (Wildman–Crippen MR) is 65.3 cm³/mol. The lowest BCUT2D eigenvalue weighted by Crippen LogP contribution is -2.41. The number of para-hydroxylation sites is 1. The van der Waals surface area contributed by atoms with E-state index in [0.29, 0.717) is 6.04 Å². The van der Waals surface area contributed by atoms with Crippen molar-refractivity contribution >= 4 is 11.6 Å². The third kappa shape index (κ3) is 2.83. The Morgan fingerprint density at radius 2 is 2.06 bits per heavy atom. The maximum atomic E-state index is 11.9. The zero-order valence-corrected chi connectivity index (χ0v) is 9.57. The SMILES string of the molecule is CC1CCC(C(=O)Nc2ccccc2)CN1. The number of nitrogens with one attached hydrogen (secondary N) is 2. The Morgan fingerprint density at radius 1 is 1.31 bits per heavy atom. The Kier molecular flexibility index (Phi) is 3.57. The van der Waals surface area contributed by atoms with Gasteiger partial charge < -0.3 is 10.6 Å². The van der Waals surface area contributed by atoms with Crippen LogP contribution in [0.4, 0.5) is 5.69 Å². The van der Waals surface area contributed by atoms with Crippen LogP contribution in [0.15, 0.2) is 30.3 Å². The second-order valence-electron chi connectivity index (χ2n) is 4.44. The summed E-state index contributed by atoms with van der Waals surface area (Å²) in [5.74, 6) is 0.238. The second kappa shape index (κ2) is 5.12. The molecular formula is C13H18N2O. The number of hydrogen-bond donors (Lipinski definition) is 2. The second-order valence-corrected chi connectivity index (χ2v) is 4.44. The van der Waals surface area contributed by atoms with Crippen molar-refractivity contribution in [2.45, 2.75) is 25.8 Å². The maximum absolute atomic E-state index is 11.9. The van der Waals surface area contributed by atoms with Gasteiger partial charge in [0.05, 0.1) is 5.92 Å². The first kappa shape index (κ1) is 11.1. The number of piperidine rings is 1. The van der Waals surface area contributed by atoms with Crippen molar-refractivity contribution in [1.29, 1.82) is 0 Å². The van der Waals surface area contributed by atoms with Gasteiger partial charge >= 0.3 is 0 Å². The van der Waals surface area contributed by atoms with Gasteiger partial charge in [-0.25, -0.2) is 0 Å². The molecule has 0 bridgehead atoms. The summed E-state index contributed by atoms with van der Waals surface area (Å²) < 4.78 is 0. The molecule has 1 aliphatic heterocycles. The first-order valence-electron chi connectivity index (χ1n) is 5.85. The summed E-state index contributed by atoms with van der Waals surface area (Å²) in [6, 6.07) is 10.2. The molecule has 1 aromatic carbocycles. The normalized spacial score (nSPS) is 25.1. The van der Waals surface area contributed by atoms with E-state index in [-0.39, 0.29) is 11.8 Å². The molecule has 3 nitrogen and oxygen atoms in total. The van der Waals surface area contributed by atoms with E-state index < -0.39 is 0 Å². The lowest BCUT2D eigenvalue weighted by molar-refractivity contribution is -0.120. The third-order valence-electron chi connectivity index (χ3n) is 3.07. The summed E-state index contributed by atoms with van der Waals surface area (Å²) in [4.78, 5) is 11.9. The van der Waals surface area contributed by atoms with E-state index in [1.165, 1.54) is 0 Å². The van der Waals surface area contributed by atoms with Crippen LogP contribution in [0, 0.1) is 5.92 Å². The monoisotopic (exact) mass is 218 g/mol. The molecular weight excluding hydrogens is 200 g/mol. The lowest BCUT2D eigenvalue weighted by Gasteiger charge is -2.26. The molecule has 1 amide bonds. The molecule has 2 unspecified atom stereocenters. The van der Waals surface area contributed by atoms with E-state index in [1.54, 1.807) is 0 Å². The van der Waals surface area contributed by atoms with Crippen LogP contribution in [-0.4, -0.2) is 18.5 Å². The predicted octanol–water partition coefficient (Wildman–Crippen LogP) is 2.01. The number of rotatable bonds is 2. The minimum atomic E-state index is 0.108. The van der Waals surface area contributed by atoms with Gasteiger partial charge in [0.15, 0.2) is 0 Å². The number of amides is 1. The van der Waals surface area contributed by atoms with Crippen LogP contribution in [0.5, 0.6) is 0 Å². The van der Waals surface area contributed by atoms with E-state index in [0.717, 1.165) is 25.1 Å². The largest absolute Gasteiger partial charge is 0.326 e. The van der Waals surface area contributed by atoms with Crippen LogP contribution in [0.1, 0.15) is 19.8 Å². The Bertz CT molecular complexity index is 342. The minimum absolute atomic E-state index is 0.108. The molecule has 2 N–H and O–H groups in total. The van der Waals surface area contributed by atoms with Crippen LogP contribution in [0.3, 0.4) is 0 Å². The van der Waals surface area contributed by atoms with Gasteiger partial charge in [-0.2, -0.15) is 0 Å². The molecule has 0 aromatic heterocycles. The van der Waals surface area contributed by atoms with Crippen molar-refractivity contribution < 1.29 is 4.79 Å². The van der Waals surface area contributed by atoms with E-state index >= 15 is 0 Å². The maximum Gasteiger partial charge on any atom is 0.228 e. The molecule has 0 aliphatic carbocycles. The Hall–Kier alpha value is -1.35. The first-order chi connectivity index (χ1) is 7.75. The molecule has 2 rings (SSSR count). The van der Waals surface area contributed by atoms with E-state index in [2.05, 4.69) is 17.6 Å². The number of benzene rings is 1. The van der Waals surface area contributed by atoms with E-state index in [1.807, 2.05) is 30.3 Å². The average Bonchev–Trinajstić information content (AvgIpc) is 2.31. The van der Waals surface area contributed by atoms with Crippen LogP contribution in [0.25, 0.3) is 0 Å². The summed E-state index contributed by atoms with van der Waals surface area (Å²) >= 11 is 0. The van der Waals surface area contributed by atoms with Gasteiger partial charge in [-0.3, -0.25) is 4.79 Å². The fourth-order valence-electron chi connectivity index (χ4n) is 1.99. The summed E-state index contributed by atoms with van der Waals surface area (Å²) in [6.45, 7) is 2.95. The third-order valence-corrected chi connectivity index (χ3v) is 3.07. The molecule has 2 atom stereocenters. The molecule has 0 saturated carbocycles. The van der Waals surface area contributed by atoms with Crippen LogP contribution >= 0.6 is 0 Å². The van der Waals surface area contributed by atoms with Crippen LogP contribution in [0.2, 0.25) is 0 Å². The number of hydrogen-bond acceptors (Lipinski definition) is 2. The zero-order valence-electron chi connectivity index (χ0n) is 9.57. The lowest BCUT2D eigenvalue weighted by atomic mass is 9.95. The van der Waals surface area contributed by atoms with E-state index in [9.17, 15) is 4.79 Å². The first-order valence-corrected chi connectivity index (χ1v) is 5.85. The number of carbonyl (C=O) groups excluding carboxylic acids is 1. The summed E-state index contributed by atoms with van der Waals surface area (Å²) in [5, 5.41) is 6.29.